The molecule has 8 nitrogen and oxygen atoms in total. The van der Waals surface area contributed by atoms with Crippen LogP contribution in [-0.4, -0.2) is 37.4 Å². The first kappa shape index (κ1) is 21.0. The van der Waals surface area contributed by atoms with Crippen LogP contribution in [0.25, 0.3) is 22.2 Å². The van der Waals surface area contributed by atoms with Gasteiger partial charge in [0.25, 0.3) is 5.91 Å². The number of carbonyl (C=O) groups is 1. The monoisotopic (exact) mass is 448 g/mol. The van der Waals surface area contributed by atoms with Crippen LogP contribution >= 0.6 is 0 Å². The van der Waals surface area contributed by atoms with E-state index in [0.717, 1.165) is 21.9 Å². The molecular formula is C26H20N6O2. The third-order valence-corrected chi connectivity index (χ3v) is 5.33. The second kappa shape index (κ2) is 9.33. The van der Waals surface area contributed by atoms with Gasteiger partial charge in [-0.1, -0.05) is 72.8 Å². The predicted octanol–water partition coefficient (Wildman–Crippen LogP) is 4.01. The van der Waals surface area contributed by atoms with E-state index in [0.29, 0.717) is 23.5 Å². The van der Waals surface area contributed by atoms with Gasteiger partial charge in [0.2, 0.25) is 5.82 Å². The zero-order chi connectivity index (χ0) is 23.3. The van der Waals surface area contributed by atoms with Gasteiger partial charge in [-0.15, -0.1) is 10.2 Å². The van der Waals surface area contributed by atoms with E-state index in [4.69, 9.17) is 0 Å². The van der Waals surface area contributed by atoms with Crippen molar-refractivity contribution in [1.82, 2.24) is 25.6 Å². The Kier molecular flexibility index (Phi) is 5.77. The molecule has 5 rings (SSSR count). The number of aromatic nitrogens is 4. The highest BCUT2D eigenvalue weighted by Crippen LogP contribution is 2.25. The Bertz CT molecular complexity index is 1480. The first-order chi connectivity index (χ1) is 16.7. The van der Waals surface area contributed by atoms with Gasteiger partial charge < -0.3 is 5.11 Å². The molecule has 0 saturated carbocycles. The largest absolute Gasteiger partial charge is 0.507 e. The van der Waals surface area contributed by atoms with Crippen LogP contribution < -0.4 is 5.43 Å². The number of aromatic hydroxyl groups is 1. The lowest BCUT2D eigenvalue weighted by atomic mass is 10.0. The number of benzene rings is 4. The number of amides is 1. The van der Waals surface area contributed by atoms with Crippen molar-refractivity contribution in [3.63, 3.8) is 0 Å². The molecular weight excluding hydrogens is 428 g/mol. The van der Waals surface area contributed by atoms with Gasteiger partial charge in [-0.2, -0.15) is 9.90 Å². The molecule has 1 heterocycles. The normalized spacial score (nSPS) is 11.2. The standard InChI is InChI=1S/C26H20N6O2/c33-24-15-14-19-6-4-5-9-22(19)23(24)16-27-29-26(34)21-12-10-18(11-13-21)17-32-30-25(28-31-32)20-7-2-1-3-8-20/h1-16,33H,17H2,(H,29,34)/b27-16+. The van der Waals surface area contributed by atoms with Crippen molar-refractivity contribution in [1.29, 1.82) is 0 Å². The molecule has 0 atom stereocenters. The summed E-state index contributed by atoms with van der Waals surface area (Å²) >= 11 is 0. The van der Waals surface area contributed by atoms with E-state index in [1.807, 2.05) is 72.8 Å². The molecule has 0 spiro atoms. The number of tetrazole rings is 1. The minimum atomic E-state index is -0.354. The van der Waals surface area contributed by atoms with E-state index < -0.39 is 0 Å². The Hall–Kier alpha value is -4.85. The first-order valence-corrected chi connectivity index (χ1v) is 10.6. The summed E-state index contributed by atoms with van der Waals surface area (Å²) in [7, 11) is 0. The van der Waals surface area contributed by atoms with Gasteiger partial charge in [-0.25, -0.2) is 5.43 Å². The van der Waals surface area contributed by atoms with Gasteiger partial charge in [0, 0.05) is 16.7 Å². The summed E-state index contributed by atoms with van der Waals surface area (Å²) in [4.78, 5) is 14.0. The van der Waals surface area contributed by atoms with Crippen LogP contribution in [-0.2, 0) is 6.54 Å². The fraction of sp³-hybridized carbons (Fsp3) is 0.0385. The van der Waals surface area contributed by atoms with E-state index in [-0.39, 0.29) is 11.7 Å². The second-order valence-corrected chi connectivity index (χ2v) is 7.63. The average molecular weight is 448 g/mol. The van der Waals surface area contributed by atoms with Gasteiger partial charge in [0.15, 0.2) is 0 Å². The molecule has 8 heteroatoms. The molecule has 166 valence electrons. The van der Waals surface area contributed by atoms with Gasteiger partial charge in [-0.3, -0.25) is 4.79 Å². The van der Waals surface area contributed by atoms with E-state index in [9.17, 15) is 9.90 Å². The molecule has 0 fully saturated rings. The summed E-state index contributed by atoms with van der Waals surface area (Å²) in [5.74, 6) is 0.303. The lowest BCUT2D eigenvalue weighted by molar-refractivity contribution is 0.0955. The van der Waals surface area contributed by atoms with Gasteiger partial charge in [0.1, 0.15) is 5.75 Å². The van der Waals surface area contributed by atoms with Crippen molar-refractivity contribution in [2.75, 3.05) is 0 Å². The molecule has 0 unspecified atom stereocenters. The molecule has 0 aliphatic carbocycles. The number of rotatable bonds is 6. The number of hydrogen-bond donors (Lipinski definition) is 2. The topological polar surface area (TPSA) is 105 Å². The predicted molar refractivity (Wildman–Crippen MR) is 129 cm³/mol. The number of nitrogens with one attached hydrogen (secondary N) is 1. The van der Waals surface area contributed by atoms with Gasteiger partial charge >= 0.3 is 0 Å². The number of hydrazone groups is 1. The zero-order valence-corrected chi connectivity index (χ0v) is 18.0. The molecule has 34 heavy (non-hydrogen) atoms. The highest BCUT2D eigenvalue weighted by atomic mass is 16.3. The lowest BCUT2D eigenvalue weighted by Gasteiger charge is -2.05. The van der Waals surface area contributed by atoms with E-state index in [1.165, 1.54) is 11.0 Å². The number of hydrogen-bond acceptors (Lipinski definition) is 6. The highest BCUT2D eigenvalue weighted by Gasteiger charge is 2.08. The first-order valence-electron chi connectivity index (χ1n) is 10.6. The summed E-state index contributed by atoms with van der Waals surface area (Å²) in [5.41, 5.74) is 5.34. The lowest BCUT2D eigenvalue weighted by Crippen LogP contribution is -2.17. The van der Waals surface area contributed by atoms with Crippen LogP contribution in [0.1, 0.15) is 21.5 Å². The number of phenolic OH excluding ortho intramolecular Hbond substituents is 1. The summed E-state index contributed by atoms with van der Waals surface area (Å²) in [6.45, 7) is 0.431. The van der Waals surface area contributed by atoms with E-state index in [1.54, 1.807) is 18.2 Å². The van der Waals surface area contributed by atoms with Crippen molar-refractivity contribution in [2.45, 2.75) is 6.54 Å². The molecule has 1 aromatic heterocycles. The Morgan fingerprint density at radius 3 is 2.53 bits per heavy atom. The molecule has 0 radical (unpaired) electrons. The van der Waals surface area contributed by atoms with Gasteiger partial charge in [-0.05, 0) is 39.7 Å². The van der Waals surface area contributed by atoms with Crippen LogP contribution in [0.3, 0.4) is 0 Å². The molecule has 2 N–H and O–H groups in total. The maximum atomic E-state index is 12.5. The van der Waals surface area contributed by atoms with Crippen LogP contribution in [0.15, 0.2) is 96.1 Å². The molecule has 4 aromatic carbocycles. The third-order valence-electron chi connectivity index (χ3n) is 5.33. The molecule has 0 saturated heterocycles. The fourth-order valence-corrected chi connectivity index (χ4v) is 3.58. The maximum absolute atomic E-state index is 12.5. The maximum Gasteiger partial charge on any atom is 0.271 e. The van der Waals surface area contributed by atoms with Crippen molar-refractivity contribution in [3.05, 3.63) is 108 Å². The SMILES string of the molecule is O=C(N/N=C/c1c(O)ccc2ccccc12)c1ccc(Cn2nnc(-c3ccccc3)n2)cc1. The zero-order valence-electron chi connectivity index (χ0n) is 18.0. The minimum Gasteiger partial charge on any atom is -0.507 e. The van der Waals surface area contributed by atoms with E-state index >= 15 is 0 Å². The summed E-state index contributed by atoms with van der Waals surface area (Å²) < 4.78 is 0. The number of carbonyl (C=O) groups excluding carboxylic acids is 1. The molecule has 0 aliphatic rings. The second-order valence-electron chi connectivity index (χ2n) is 7.63. The average Bonchev–Trinajstić information content (AvgIpc) is 3.35. The quantitative estimate of drug-likeness (QED) is 0.302. The van der Waals surface area contributed by atoms with Crippen molar-refractivity contribution >= 4 is 22.9 Å². The van der Waals surface area contributed by atoms with Crippen LogP contribution in [0.5, 0.6) is 5.75 Å². The van der Waals surface area contributed by atoms with Crippen LogP contribution in [0, 0.1) is 0 Å². The number of phenols is 1. The molecule has 0 aliphatic heterocycles. The van der Waals surface area contributed by atoms with Crippen LogP contribution in [0.2, 0.25) is 0 Å². The van der Waals surface area contributed by atoms with Crippen molar-refractivity contribution in [3.8, 4) is 17.1 Å². The molecule has 0 bridgehead atoms. The Balaban J connectivity index is 1.23. The highest BCUT2D eigenvalue weighted by molar-refractivity contribution is 6.03. The smallest absolute Gasteiger partial charge is 0.271 e. The van der Waals surface area contributed by atoms with Gasteiger partial charge in [0.05, 0.1) is 12.8 Å². The Labute approximate surface area is 195 Å². The third kappa shape index (κ3) is 4.51. The van der Waals surface area contributed by atoms with Crippen molar-refractivity contribution < 1.29 is 9.90 Å². The molecule has 1 amide bonds. The fourth-order valence-electron chi connectivity index (χ4n) is 3.58. The Morgan fingerprint density at radius 1 is 0.941 bits per heavy atom. The summed E-state index contributed by atoms with van der Waals surface area (Å²) in [5, 5.41) is 28.6. The Morgan fingerprint density at radius 2 is 1.71 bits per heavy atom. The van der Waals surface area contributed by atoms with Crippen molar-refractivity contribution in [2.24, 2.45) is 5.10 Å². The van der Waals surface area contributed by atoms with E-state index in [2.05, 4.69) is 25.9 Å². The summed E-state index contributed by atoms with van der Waals surface area (Å²) in [6.07, 6.45) is 1.45. The number of nitrogens with zero attached hydrogens (tertiary/aromatic N) is 5. The molecule has 5 aromatic rings. The summed E-state index contributed by atoms with van der Waals surface area (Å²) in [6, 6.07) is 27.8. The van der Waals surface area contributed by atoms with Crippen LogP contribution in [0.4, 0.5) is 0 Å². The number of fused-ring (bicyclic) bond motifs is 1. The minimum absolute atomic E-state index is 0.0956.